The minimum atomic E-state index is -0.322. The number of aromatic nitrogens is 2. The first kappa shape index (κ1) is 10.2. The van der Waals surface area contributed by atoms with Crippen molar-refractivity contribution in [3.63, 3.8) is 0 Å². The summed E-state index contributed by atoms with van der Waals surface area (Å²) in [6, 6.07) is 0. The first-order chi connectivity index (χ1) is 7.78. The molecule has 3 rings (SSSR count). The van der Waals surface area contributed by atoms with Crippen molar-refractivity contribution in [3.05, 3.63) is 11.7 Å². The van der Waals surface area contributed by atoms with E-state index in [-0.39, 0.29) is 11.5 Å². The topological polar surface area (TPSA) is 74.2 Å². The molecule has 2 aliphatic rings. The summed E-state index contributed by atoms with van der Waals surface area (Å²) < 4.78 is 10.7. The maximum absolute atomic E-state index is 6.15. The van der Waals surface area contributed by atoms with E-state index in [9.17, 15) is 0 Å². The van der Waals surface area contributed by atoms with E-state index < -0.39 is 0 Å². The van der Waals surface area contributed by atoms with Gasteiger partial charge in [-0.1, -0.05) is 5.16 Å². The van der Waals surface area contributed by atoms with Crippen LogP contribution in [0.25, 0.3) is 0 Å². The standard InChI is InChI=1S/C11H17N3O2/c12-11(4-2-5-11)10-13-9(16-14-10)8-3-1-6-15-7-8/h8H,1-7,12H2. The van der Waals surface area contributed by atoms with Gasteiger partial charge in [0.05, 0.1) is 18.1 Å². The van der Waals surface area contributed by atoms with E-state index in [4.69, 9.17) is 15.0 Å². The Bertz CT molecular complexity index is 367. The maximum Gasteiger partial charge on any atom is 0.232 e. The Labute approximate surface area is 94.3 Å². The summed E-state index contributed by atoms with van der Waals surface area (Å²) in [7, 11) is 0. The van der Waals surface area contributed by atoms with Gasteiger partial charge in [0, 0.05) is 6.61 Å². The average Bonchev–Trinajstić information content (AvgIpc) is 2.77. The Morgan fingerprint density at radius 1 is 1.31 bits per heavy atom. The molecule has 1 saturated heterocycles. The predicted octanol–water partition coefficient (Wildman–Crippen LogP) is 1.30. The fourth-order valence-electron chi connectivity index (χ4n) is 2.32. The number of ether oxygens (including phenoxy) is 1. The predicted molar refractivity (Wildman–Crippen MR) is 56.8 cm³/mol. The van der Waals surface area contributed by atoms with Crippen LogP contribution in [0.1, 0.15) is 49.7 Å². The third-order valence-corrected chi connectivity index (χ3v) is 3.64. The van der Waals surface area contributed by atoms with Crippen molar-refractivity contribution in [2.45, 2.75) is 43.6 Å². The zero-order chi connectivity index (χ0) is 11.0. The van der Waals surface area contributed by atoms with Gasteiger partial charge in [0.15, 0.2) is 5.82 Å². The minimum Gasteiger partial charge on any atom is -0.381 e. The largest absolute Gasteiger partial charge is 0.381 e. The molecule has 0 radical (unpaired) electrons. The number of nitrogens with zero attached hydrogens (tertiary/aromatic N) is 2. The molecule has 1 atom stereocenters. The zero-order valence-corrected chi connectivity index (χ0v) is 9.32. The van der Waals surface area contributed by atoms with E-state index >= 15 is 0 Å². The summed E-state index contributed by atoms with van der Waals surface area (Å²) >= 11 is 0. The molecular formula is C11H17N3O2. The second kappa shape index (κ2) is 3.82. The summed E-state index contributed by atoms with van der Waals surface area (Å²) in [6.07, 6.45) is 5.22. The van der Waals surface area contributed by atoms with Gasteiger partial charge in [-0.15, -0.1) is 0 Å². The number of nitrogens with two attached hydrogens (primary N) is 1. The SMILES string of the molecule is NC1(c2noc(C3CCCOC3)n2)CCC1. The molecule has 1 unspecified atom stereocenters. The molecule has 0 spiro atoms. The van der Waals surface area contributed by atoms with Crippen LogP contribution in [0.2, 0.25) is 0 Å². The number of rotatable bonds is 2. The first-order valence-corrected chi connectivity index (χ1v) is 5.99. The molecule has 1 aliphatic heterocycles. The third kappa shape index (κ3) is 1.64. The molecule has 1 aromatic rings. The summed E-state index contributed by atoms with van der Waals surface area (Å²) in [5.41, 5.74) is 5.83. The van der Waals surface area contributed by atoms with Crippen molar-refractivity contribution in [2.24, 2.45) is 5.73 Å². The van der Waals surface area contributed by atoms with Gasteiger partial charge in [0.25, 0.3) is 0 Å². The van der Waals surface area contributed by atoms with Crippen LogP contribution >= 0.6 is 0 Å². The lowest BCUT2D eigenvalue weighted by Gasteiger charge is -2.34. The lowest BCUT2D eigenvalue weighted by atomic mass is 9.77. The van der Waals surface area contributed by atoms with E-state index in [0.29, 0.717) is 18.3 Å². The third-order valence-electron chi connectivity index (χ3n) is 3.64. The Balaban J connectivity index is 1.76. The molecule has 88 valence electrons. The van der Waals surface area contributed by atoms with Crippen LogP contribution in [0.4, 0.5) is 0 Å². The van der Waals surface area contributed by atoms with Crippen molar-refractivity contribution >= 4 is 0 Å². The molecule has 1 aromatic heterocycles. The quantitative estimate of drug-likeness (QED) is 0.818. The average molecular weight is 223 g/mol. The Morgan fingerprint density at radius 3 is 2.81 bits per heavy atom. The molecule has 2 heterocycles. The van der Waals surface area contributed by atoms with Crippen molar-refractivity contribution < 1.29 is 9.26 Å². The Kier molecular flexibility index (Phi) is 2.44. The molecule has 0 aromatic carbocycles. The van der Waals surface area contributed by atoms with Crippen molar-refractivity contribution in [1.82, 2.24) is 10.1 Å². The van der Waals surface area contributed by atoms with Crippen molar-refractivity contribution in [1.29, 1.82) is 0 Å². The van der Waals surface area contributed by atoms with Crippen LogP contribution in [0, 0.1) is 0 Å². The van der Waals surface area contributed by atoms with Gasteiger partial charge in [-0.25, -0.2) is 0 Å². The molecule has 2 N–H and O–H groups in total. The highest BCUT2D eigenvalue weighted by molar-refractivity contribution is 5.10. The maximum atomic E-state index is 6.15. The molecule has 5 nitrogen and oxygen atoms in total. The van der Waals surface area contributed by atoms with Crippen molar-refractivity contribution in [3.8, 4) is 0 Å². The van der Waals surface area contributed by atoms with Crippen LogP contribution in [-0.2, 0) is 10.3 Å². The molecule has 1 aliphatic carbocycles. The van der Waals surface area contributed by atoms with Crippen LogP contribution in [-0.4, -0.2) is 23.4 Å². The van der Waals surface area contributed by atoms with E-state index in [2.05, 4.69) is 10.1 Å². The summed E-state index contributed by atoms with van der Waals surface area (Å²) in [4.78, 5) is 4.44. The van der Waals surface area contributed by atoms with E-state index in [0.717, 1.165) is 38.7 Å². The molecule has 2 fully saturated rings. The van der Waals surface area contributed by atoms with Gasteiger partial charge in [0.2, 0.25) is 5.89 Å². The monoisotopic (exact) mass is 223 g/mol. The molecule has 16 heavy (non-hydrogen) atoms. The summed E-state index contributed by atoms with van der Waals surface area (Å²) in [5, 5.41) is 4.02. The molecule has 0 bridgehead atoms. The highest BCUT2D eigenvalue weighted by atomic mass is 16.5. The van der Waals surface area contributed by atoms with Crippen LogP contribution in [0.5, 0.6) is 0 Å². The van der Waals surface area contributed by atoms with Crippen LogP contribution in [0.3, 0.4) is 0 Å². The Hall–Kier alpha value is -0.940. The fraction of sp³-hybridized carbons (Fsp3) is 0.818. The van der Waals surface area contributed by atoms with Crippen LogP contribution < -0.4 is 5.73 Å². The second-order valence-electron chi connectivity index (χ2n) is 4.88. The summed E-state index contributed by atoms with van der Waals surface area (Å²) in [5.74, 6) is 1.64. The van der Waals surface area contributed by atoms with Gasteiger partial charge in [-0.2, -0.15) is 4.98 Å². The minimum absolute atomic E-state index is 0.263. The van der Waals surface area contributed by atoms with Gasteiger partial charge >= 0.3 is 0 Å². The van der Waals surface area contributed by atoms with Gasteiger partial charge < -0.3 is 15.0 Å². The van der Waals surface area contributed by atoms with E-state index in [1.54, 1.807) is 0 Å². The van der Waals surface area contributed by atoms with Gasteiger partial charge in [-0.3, -0.25) is 0 Å². The van der Waals surface area contributed by atoms with Gasteiger partial charge in [-0.05, 0) is 32.1 Å². The lowest BCUT2D eigenvalue weighted by molar-refractivity contribution is 0.0705. The number of hydrogen-bond acceptors (Lipinski definition) is 5. The fourth-order valence-corrected chi connectivity index (χ4v) is 2.32. The van der Waals surface area contributed by atoms with E-state index in [1.807, 2.05) is 0 Å². The highest BCUT2D eigenvalue weighted by Crippen LogP contribution is 2.37. The van der Waals surface area contributed by atoms with Gasteiger partial charge in [0.1, 0.15) is 0 Å². The van der Waals surface area contributed by atoms with E-state index in [1.165, 1.54) is 0 Å². The summed E-state index contributed by atoms with van der Waals surface area (Å²) in [6.45, 7) is 1.54. The normalized spacial score (nSPS) is 28.7. The van der Waals surface area contributed by atoms with Crippen LogP contribution in [0.15, 0.2) is 4.52 Å². The second-order valence-corrected chi connectivity index (χ2v) is 4.88. The molecule has 5 heteroatoms. The highest BCUT2D eigenvalue weighted by Gasteiger charge is 2.39. The first-order valence-electron chi connectivity index (χ1n) is 5.99. The lowest BCUT2D eigenvalue weighted by Crippen LogP contribution is -2.44. The number of hydrogen-bond donors (Lipinski definition) is 1. The Morgan fingerprint density at radius 2 is 2.19 bits per heavy atom. The molecule has 0 amide bonds. The smallest absolute Gasteiger partial charge is 0.232 e. The van der Waals surface area contributed by atoms with Crippen molar-refractivity contribution in [2.75, 3.05) is 13.2 Å². The zero-order valence-electron chi connectivity index (χ0n) is 9.32. The molecule has 1 saturated carbocycles. The molecular weight excluding hydrogens is 206 g/mol.